The zero-order valence-corrected chi connectivity index (χ0v) is 13.2. The zero-order chi connectivity index (χ0) is 15.6. The van der Waals surface area contributed by atoms with Crippen molar-refractivity contribution in [3.05, 3.63) is 46.5 Å². The SMILES string of the molecule is Cc1nccc(CNS(=O)(=O)c2cc(N)c(C)c(Cl)c2)n1. The lowest BCUT2D eigenvalue weighted by molar-refractivity contribution is 0.580. The Labute approximate surface area is 128 Å². The van der Waals surface area contributed by atoms with Crippen LogP contribution in [0.5, 0.6) is 0 Å². The molecule has 8 heteroatoms. The number of nitrogen functional groups attached to an aromatic ring is 1. The van der Waals surface area contributed by atoms with Crippen molar-refractivity contribution >= 4 is 27.3 Å². The Bertz CT molecular complexity index is 754. The van der Waals surface area contributed by atoms with Crippen LogP contribution in [-0.2, 0) is 16.6 Å². The molecule has 0 spiro atoms. The lowest BCUT2D eigenvalue weighted by Gasteiger charge is -2.10. The maximum atomic E-state index is 12.2. The summed E-state index contributed by atoms with van der Waals surface area (Å²) in [5, 5.41) is 0.313. The maximum absolute atomic E-state index is 12.2. The number of halogens is 1. The van der Waals surface area contributed by atoms with Crippen LogP contribution in [0.15, 0.2) is 29.3 Å². The first kappa shape index (κ1) is 15.7. The fraction of sp³-hybridized carbons (Fsp3) is 0.231. The van der Waals surface area contributed by atoms with Crippen LogP contribution in [0.1, 0.15) is 17.1 Å². The molecule has 2 aromatic rings. The third kappa shape index (κ3) is 3.69. The number of nitrogens with one attached hydrogen (secondary N) is 1. The Balaban J connectivity index is 2.23. The molecule has 0 amide bonds. The lowest BCUT2D eigenvalue weighted by Crippen LogP contribution is -2.24. The number of hydrogen-bond acceptors (Lipinski definition) is 5. The lowest BCUT2D eigenvalue weighted by atomic mass is 10.2. The predicted molar refractivity (Wildman–Crippen MR) is 81.4 cm³/mol. The van der Waals surface area contributed by atoms with Gasteiger partial charge < -0.3 is 5.73 Å². The van der Waals surface area contributed by atoms with E-state index in [4.69, 9.17) is 17.3 Å². The Morgan fingerprint density at radius 1 is 1.33 bits per heavy atom. The Hall–Kier alpha value is -1.70. The minimum Gasteiger partial charge on any atom is -0.398 e. The third-order valence-electron chi connectivity index (χ3n) is 2.95. The average molecular weight is 327 g/mol. The fourth-order valence-electron chi connectivity index (χ4n) is 1.69. The number of hydrogen-bond donors (Lipinski definition) is 2. The van der Waals surface area contributed by atoms with Gasteiger partial charge >= 0.3 is 0 Å². The van der Waals surface area contributed by atoms with Crippen LogP contribution in [-0.4, -0.2) is 18.4 Å². The Morgan fingerprint density at radius 3 is 2.67 bits per heavy atom. The maximum Gasteiger partial charge on any atom is 0.241 e. The van der Waals surface area contributed by atoms with Gasteiger partial charge in [-0.2, -0.15) is 0 Å². The molecule has 6 nitrogen and oxygen atoms in total. The summed E-state index contributed by atoms with van der Waals surface area (Å²) in [5.41, 5.74) is 7.32. The van der Waals surface area contributed by atoms with E-state index in [9.17, 15) is 8.42 Å². The highest BCUT2D eigenvalue weighted by Crippen LogP contribution is 2.25. The zero-order valence-electron chi connectivity index (χ0n) is 11.6. The number of aromatic nitrogens is 2. The molecule has 0 saturated carbocycles. The van der Waals surface area contributed by atoms with Gasteiger partial charge in [0.2, 0.25) is 10.0 Å². The fourth-order valence-corrected chi connectivity index (χ4v) is 3.04. The van der Waals surface area contributed by atoms with Gasteiger partial charge in [0.25, 0.3) is 0 Å². The summed E-state index contributed by atoms with van der Waals surface area (Å²) in [6, 6.07) is 4.40. The van der Waals surface area contributed by atoms with E-state index in [1.54, 1.807) is 26.1 Å². The van der Waals surface area contributed by atoms with Crippen LogP contribution < -0.4 is 10.5 Å². The van der Waals surface area contributed by atoms with Crippen LogP contribution in [0.4, 0.5) is 5.69 Å². The minimum absolute atomic E-state index is 0.0291. The molecule has 2 rings (SSSR count). The Kier molecular flexibility index (Phi) is 4.46. The minimum atomic E-state index is -3.71. The molecule has 0 bridgehead atoms. The van der Waals surface area contributed by atoms with E-state index in [0.29, 0.717) is 27.8 Å². The summed E-state index contributed by atoms with van der Waals surface area (Å²) in [4.78, 5) is 8.11. The average Bonchev–Trinajstić information content (AvgIpc) is 2.42. The summed E-state index contributed by atoms with van der Waals surface area (Å²) in [7, 11) is -3.71. The van der Waals surface area contributed by atoms with Gasteiger partial charge in [0.15, 0.2) is 0 Å². The topological polar surface area (TPSA) is 98.0 Å². The van der Waals surface area contributed by atoms with Crippen LogP contribution in [0.2, 0.25) is 5.02 Å². The van der Waals surface area contributed by atoms with Crippen LogP contribution in [0.25, 0.3) is 0 Å². The van der Waals surface area contributed by atoms with Gasteiger partial charge in [-0.1, -0.05) is 11.6 Å². The number of anilines is 1. The van der Waals surface area contributed by atoms with E-state index in [2.05, 4.69) is 14.7 Å². The van der Waals surface area contributed by atoms with Gasteiger partial charge in [-0.3, -0.25) is 0 Å². The molecule has 0 aliphatic rings. The monoisotopic (exact) mass is 326 g/mol. The number of nitrogens with zero attached hydrogens (tertiary/aromatic N) is 2. The second-order valence-corrected chi connectivity index (χ2v) is 6.71. The van der Waals surface area contributed by atoms with E-state index in [-0.39, 0.29) is 11.4 Å². The van der Waals surface area contributed by atoms with E-state index in [1.807, 2.05) is 0 Å². The first-order chi connectivity index (χ1) is 9.79. The molecule has 112 valence electrons. The summed E-state index contributed by atoms with van der Waals surface area (Å²) in [6.07, 6.45) is 1.58. The van der Waals surface area contributed by atoms with Crippen molar-refractivity contribution in [3.63, 3.8) is 0 Å². The molecule has 0 fully saturated rings. The van der Waals surface area contributed by atoms with Gasteiger partial charge in [0.1, 0.15) is 5.82 Å². The van der Waals surface area contributed by atoms with Crippen molar-refractivity contribution < 1.29 is 8.42 Å². The van der Waals surface area contributed by atoms with Gasteiger partial charge in [-0.25, -0.2) is 23.1 Å². The molecule has 0 radical (unpaired) electrons. The van der Waals surface area contributed by atoms with Crippen molar-refractivity contribution in [1.29, 1.82) is 0 Å². The number of aryl methyl sites for hydroxylation is 1. The van der Waals surface area contributed by atoms with E-state index < -0.39 is 10.0 Å². The third-order valence-corrected chi connectivity index (χ3v) is 4.72. The molecule has 1 aromatic heterocycles. The first-order valence-electron chi connectivity index (χ1n) is 6.13. The van der Waals surface area contributed by atoms with Crippen molar-refractivity contribution in [2.75, 3.05) is 5.73 Å². The van der Waals surface area contributed by atoms with E-state index in [1.165, 1.54) is 12.1 Å². The molecule has 0 atom stereocenters. The van der Waals surface area contributed by atoms with E-state index >= 15 is 0 Å². The normalized spacial score (nSPS) is 11.6. The first-order valence-corrected chi connectivity index (χ1v) is 7.99. The summed E-state index contributed by atoms with van der Waals surface area (Å²) >= 11 is 5.97. The molecule has 1 aromatic carbocycles. The van der Waals surface area contributed by atoms with Crippen molar-refractivity contribution in [1.82, 2.24) is 14.7 Å². The second kappa shape index (κ2) is 5.97. The summed E-state index contributed by atoms with van der Waals surface area (Å²) in [5.74, 6) is 0.578. The van der Waals surface area contributed by atoms with Gasteiger partial charge in [0.05, 0.1) is 17.1 Å². The smallest absolute Gasteiger partial charge is 0.241 e. The van der Waals surface area contributed by atoms with Crippen molar-refractivity contribution in [2.45, 2.75) is 25.3 Å². The number of nitrogens with two attached hydrogens (primary N) is 1. The largest absolute Gasteiger partial charge is 0.398 e. The molecule has 0 aliphatic heterocycles. The number of benzene rings is 1. The molecular formula is C13H15ClN4O2S. The highest BCUT2D eigenvalue weighted by Gasteiger charge is 2.17. The standard InChI is InChI=1S/C13H15ClN4O2S/c1-8-12(14)5-11(6-13(8)15)21(19,20)17-7-10-3-4-16-9(2)18-10/h3-6,17H,7,15H2,1-2H3. The molecule has 0 saturated heterocycles. The molecule has 0 unspecified atom stereocenters. The molecule has 3 N–H and O–H groups in total. The molecule has 0 aliphatic carbocycles. The number of rotatable bonds is 4. The van der Waals surface area contributed by atoms with Crippen LogP contribution >= 0.6 is 11.6 Å². The number of sulfonamides is 1. The summed E-state index contributed by atoms with van der Waals surface area (Å²) in [6.45, 7) is 3.53. The molecule has 21 heavy (non-hydrogen) atoms. The van der Waals surface area contributed by atoms with Gasteiger partial charge in [-0.05, 0) is 37.6 Å². The molecular weight excluding hydrogens is 312 g/mol. The van der Waals surface area contributed by atoms with Crippen molar-refractivity contribution in [3.8, 4) is 0 Å². The quantitative estimate of drug-likeness (QED) is 0.835. The Morgan fingerprint density at radius 2 is 2.05 bits per heavy atom. The molecule has 1 heterocycles. The van der Waals surface area contributed by atoms with Gasteiger partial charge in [-0.15, -0.1) is 0 Å². The van der Waals surface area contributed by atoms with Crippen LogP contribution in [0, 0.1) is 13.8 Å². The van der Waals surface area contributed by atoms with Gasteiger partial charge in [0, 0.05) is 16.9 Å². The highest BCUT2D eigenvalue weighted by molar-refractivity contribution is 7.89. The second-order valence-electron chi connectivity index (χ2n) is 4.54. The van der Waals surface area contributed by atoms with E-state index in [0.717, 1.165) is 0 Å². The highest BCUT2D eigenvalue weighted by atomic mass is 35.5. The van der Waals surface area contributed by atoms with Crippen molar-refractivity contribution in [2.24, 2.45) is 0 Å². The van der Waals surface area contributed by atoms with Crippen LogP contribution in [0.3, 0.4) is 0 Å². The summed E-state index contributed by atoms with van der Waals surface area (Å²) < 4.78 is 26.9. The predicted octanol–water partition coefficient (Wildman–Crippen LogP) is 1.81.